The molecule has 0 aliphatic rings. The van der Waals surface area contributed by atoms with E-state index in [1.807, 2.05) is 0 Å². The quantitative estimate of drug-likeness (QED) is 0.382. The summed E-state index contributed by atoms with van der Waals surface area (Å²) in [6.07, 6.45) is -4.65. The minimum Gasteiger partial charge on any atom is -0.501 e. The summed E-state index contributed by atoms with van der Waals surface area (Å²) in [5, 5.41) is 12.1. The number of nitrogens with zero attached hydrogens (tertiary/aromatic N) is 1. The summed E-state index contributed by atoms with van der Waals surface area (Å²) in [7, 11) is 0. The van der Waals surface area contributed by atoms with Gasteiger partial charge in [0.25, 0.3) is 11.5 Å². The second-order valence-electron chi connectivity index (χ2n) is 7.06. The molecule has 34 heavy (non-hydrogen) atoms. The number of carbonyl (C=O) groups is 2. The van der Waals surface area contributed by atoms with E-state index in [-0.39, 0.29) is 12.2 Å². The maximum absolute atomic E-state index is 13.1. The monoisotopic (exact) mass is 476 g/mol. The van der Waals surface area contributed by atoms with Crippen LogP contribution in [-0.4, -0.2) is 27.0 Å². The zero-order valence-electron chi connectivity index (χ0n) is 17.4. The number of carbonyl (C=O) groups excluding carboxylic acids is 2. The molecule has 12 heteroatoms. The molecule has 0 fully saturated rings. The standard InChI is InChI=1S/C22H19F3N4O5/c23-22(24,25)14-9-5-4-8-13(14)10-27-19(31)16-17(30)20(32)29-18(28-16)15(26)21(33)34-11-12-6-2-1-3-7-12/h1-9,15,30H,10-11,26H2,(H,27,31)(H,28,29,32). The first-order valence-corrected chi connectivity index (χ1v) is 9.80. The van der Waals surface area contributed by atoms with Crippen LogP contribution in [-0.2, 0) is 28.9 Å². The summed E-state index contributed by atoms with van der Waals surface area (Å²) in [6.45, 7) is -0.676. The zero-order valence-corrected chi connectivity index (χ0v) is 17.4. The van der Waals surface area contributed by atoms with Crippen molar-refractivity contribution >= 4 is 11.9 Å². The van der Waals surface area contributed by atoms with Crippen LogP contribution in [0.15, 0.2) is 59.4 Å². The summed E-state index contributed by atoms with van der Waals surface area (Å²) in [4.78, 5) is 42.6. The van der Waals surface area contributed by atoms with Gasteiger partial charge in [0.15, 0.2) is 11.7 Å². The summed E-state index contributed by atoms with van der Waals surface area (Å²) >= 11 is 0. The Bertz CT molecular complexity index is 1250. The Labute approximate surface area is 190 Å². The van der Waals surface area contributed by atoms with Crippen LogP contribution in [0.3, 0.4) is 0 Å². The summed E-state index contributed by atoms with van der Waals surface area (Å²) in [5.74, 6) is -3.67. The van der Waals surface area contributed by atoms with Gasteiger partial charge in [-0.15, -0.1) is 0 Å². The third-order valence-electron chi connectivity index (χ3n) is 4.66. The number of H-pyrrole nitrogens is 1. The molecular formula is C22H19F3N4O5. The van der Waals surface area contributed by atoms with Crippen LogP contribution in [0.25, 0.3) is 0 Å². The number of alkyl halides is 3. The van der Waals surface area contributed by atoms with E-state index in [1.165, 1.54) is 12.1 Å². The summed E-state index contributed by atoms with van der Waals surface area (Å²) in [5.41, 5.74) is 3.28. The number of halogens is 3. The van der Waals surface area contributed by atoms with Crippen LogP contribution in [0, 0.1) is 0 Å². The van der Waals surface area contributed by atoms with Gasteiger partial charge in [0, 0.05) is 6.54 Å². The second-order valence-corrected chi connectivity index (χ2v) is 7.06. The molecule has 2 aromatic carbocycles. The van der Waals surface area contributed by atoms with E-state index in [9.17, 15) is 32.7 Å². The van der Waals surface area contributed by atoms with Crippen molar-refractivity contribution < 1.29 is 32.6 Å². The predicted molar refractivity (Wildman–Crippen MR) is 112 cm³/mol. The van der Waals surface area contributed by atoms with Crippen molar-refractivity contribution in [1.29, 1.82) is 0 Å². The normalized spacial score (nSPS) is 12.1. The molecule has 1 aromatic heterocycles. The van der Waals surface area contributed by atoms with Crippen LogP contribution in [0.5, 0.6) is 5.75 Å². The highest BCUT2D eigenvalue weighted by Crippen LogP contribution is 2.31. The lowest BCUT2D eigenvalue weighted by molar-refractivity contribution is -0.147. The van der Waals surface area contributed by atoms with Crippen LogP contribution >= 0.6 is 0 Å². The van der Waals surface area contributed by atoms with E-state index in [1.54, 1.807) is 30.3 Å². The fraction of sp³-hybridized carbons (Fsp3) is 0.182. The summed E-state index contributed by atoms with van der Waals surface area (Å²) < 4.78 is 44.5. The lowest BCUT2D eigenvalue weighted by Gasteiger charge is -2.14. The number of hydrogen-bond donors (Lipinski definition) is 4. The van der Waals surface area contributed by atoms with Crippen molar-refractivity contribution in [2.24, 2.45) is 5.73 Å². The lowest BCUT2D eigenvalue weighted by Crippen LogP contribution is -2.32. The molecule has 0 bridgehead atoms. The SMILES string of the molecule is NC(C(=O)OCc1ccccc1)c1nc(C(=O)NCc2ccccc2C(F)(F)F)c(O)c(=O)[nH]1. The molecule has 178 valence electrons. The number of aromatic nitrogens is 2. The van der Waals surface area contributed by atoms with Crippen molar-refractivity contribution in [3.05, 3.63) is 93.2 Å². The first-order chi connectivity index (χ1) is 16.1. The van der Waals surface area contributed by atoms with Crippen molar-refractivity contribution in [2.45, 2.75) is 25.4 Å². The molecule has 1 unspecified atom stereocenters. The number of rotatable bonds is 7. The molecule has 0 aliphatic carbocycles. The molecule has 3 aromatic rings. The van der Waals surface area contributed by atoms with Crippen molar-refractivity contribution in [2.75, 3.05) is 0 Å². The molecule has 9 nitrogen and oxygen atoms in total. The molecule has 3 rings (SSSR count). The Kier molecular flexibility index (Phi) is 7.31. The molecule has 0 saturated heterocycles. The van der Waals surface area contributed by atoms with Gasteiger partial charge in [-0.2, -0.15) is 13.2 Å². The first-order valence-electron chi connectivity index (χ1n) is 9.80. The summed E-state index contributed by atoms with van der Waals surface area (Å²) in [6, 6.07) is 11.6. The third kappa shape index (κ3) is 5.78. The average molecular weight is 476 g/mol. The van der Waals surface area contributed by atoms with Gasteiger partial charge in [0.2, 0.25) is 5.75 Å². The van der Waals surface area contributed by atoms with Gasteiger partial charge in [0.1, 0.15) is 12.4 Å². The van der Waals surface area contributed by atoms with E-state index in [4.69, 9.17) is 10.5 Å². The van der Waals surface area contributed by atoms with Gasteiger partial charge >= 0.3 is 12.1 Å². The predicted octanol–water partition coefficient (Wildman–Crippen LogP) is 2.17. The van der Waals surface area contributed by atoms with Gasteiger partial charge < -0.3 is 25.9 Å². The van der Waals surface area contributed by atoms with E-state index in [0.29, 0.717) is 5.56 Å². The fourth-order valence-corrected chi connectivity index (χ4v) is 2.93. The number of nitrogens with two attached hydrogens (primary N) is 1. The van der Waals surface area contributed by atoms with E-state index in [2.05, 4.69) is 15.3 Å². The van der Waals surface area contributed by atoms with Crippen LogP contribution in [0.2, 0.25) is 0 Å². The van der Waals surface area contributed by atoms with Gasteiger partial charge in [-0.3, -0.25) is 9.59 Å². The molecule has 0 spiro atoms. The first kappa shape index (κ1) is 24.5. The topological polar surface area (TPSA) is 147 Å². The molecule has 0 saturated carbocycles. The van der Waals surface area contributed by atoms with Crippen molar-refractivity contribution in [1.82, 2.24) is 15.3 Å². The highest BCUT2D eigenvalue weighted by molar-refractivity contribution is 5.94. The van der Waals surface area contributed by atoms with E-state index < -0.39 is 59.0 Å². The number of ether oxygens (including phenoxy) is 1. The molecule has 0 radical (unpaired) electrons. The Morgan fingerprint density at radius 2 is 1.76 bits per heavy atom. The van der Waals surface area contributed by atoms with Gasteiger partial charge in [-0.1, -0.05) is 48.5 Å². The smallest absolute Gasteiger partial charge is 0.416 e. The number of aromatic hydroxyl groups is 1. The van der Waals surface area contributed by atoms with Gasteiger partial charge in [-0.25, -0.2) is 9.78 Å². The fourth-order valence-electron chi connectivity index (χ4n) is 2.93. The molecule has 0 aliphatic heterocycles. The number of nitrogens with one attached hydrogen (secondary N) is 2. The van der Waals surface area contributed by atoms with Crippen LogP contribution in [0.1, 0.15) is 39.0 Å². The van der Waals surface area contributed by atoms with Crippen molar-refractivity contribution in [3.63, 3.8) is 0 Å². The average Bonchev–Trinajstić information content (AvgIpc) is 2.82. The lowest BCUT2D eigenvalue weighted by atomic mass is 10.1. The Morgan fingerprint density at radius 3 is 2.44 bits per heavy atom. The number of amides is 1. The van der Waals surface area contributed by atoms with Crippen LogP contribution in [0.4, 0.5) is 13.2 Å². The van der Waals surface area contributed by atoms with Crippen LogP contribution < -0.4 is 16.6 Å². The Hall–Kier alpha value is -4.19. The maximum Gasteiger partial charge on any atom is 0.416 e. The minimum atomic E-state index is -4.65. The maximum atomic E-state index is 13.1. The largest absolute Gasteiger partial charge is 0.501 e. The molecule has 5 N–H and O–H groups in total. The highest BCUT2D eigenvalue weighted by Gasteiger charge is 2.33. The molecule has 1 heterocycles. The van der Waals surface area contributed by atoms with E-state index in [0.717, 1.165) is 12.1 Å². The third-order valence-corrected chi connectivity index (χ3v) is 4.66. The highest BCUT2D eigenvalue weighted by atomic mass is 19.4. The molecule has 1 amide bonds. The van der Waals surface area contributed by atoms with Gasteiger partial charge in [-0.05, 0) is 17.2 Å². The minimum absolute atomic E-state index is 0.109. The molecular weight excluding hydrogens is 457 g/mol. The second kappa shape index (κ2) is 10.2. The Morgan fingerprint density at radius 1 is 1.12 bits per heavy atom. The number of hydrogen-bond acceptors (Lipinski definition) is 7. The zero-order chi connectivity index (χ0) is 24.9. The Balaban J connectivity index is 1.75. The number of benzene rings is 2. The number of aromatic amines is 1. The van der Waals surface area contributed by atoms with Gasteiger partial charge in [0.05, 0.1) is 5.56 Å². The van der Waals surface area contributed by atoms with Crippen molar-refractivity contribution in [3.8, 4) is 5.75 Å². The molecule has 1 atom stereocenters. The van der Waals surface area contributed by atoms with E-state index >= 15 is 0 Å². The number of esters is 1.